The van der Waals surface area contributed by atoms with Crippen LogP contribution in [0, 0.1) is 0 Å². The summed E-state index contributed by atoms with van der Waals surface area (Å²) in [5, 5.41) is 23.9. The minimum absolute atomic E-state index is 0.0744. The number of esters is 1. The zero-order valence-electron chi connectivity index (χ0n) is 46.0. The van der Waals surface area contributed by atoms with Crippen molar-refractivity contribution in [2.75, 3.05) is 6.61 Å². The Morgan fingerprint density at radius 3 is 1.15 bits per heavy atom. The van der Waals surface area contributed by atoms with Crippen molar-refractivity contribution < 1.29 is 24.5 Å². The van der Waals surface area contributed by atoms with E-state index in [4.69, 9.17) is 4.74 Å². The number of hydrogen-bond donors (Lipinski definition) is 3. The van der Waals surface area contributed by atoms with Crippen LogP contribution >= 0.6 is 0 Å². The van der Waals surface area contributed by atoms with E-state index < -0.39 is 18.2 Å². The van der Waals surface area contributed by atoms with Crippen molar-refractivity contribution in [3.8, 4) is 0 Å². The van der Waals surface area contributed by atoms with Gasteiger partial charge in [-0.1, -0.05) is 289 Å². The Bertz CT molecular complexity index is 1080. The standard InChI is InChI=1S/C62H119NO5/c1-4-7-10-13-16-19-22-25-28-29-30-31-34-37-40-43-46-49-52-55-62(67)68-58(53-50-47-44-41-38-35-32-26-23-20-17-14-11-8-5-2)56-61(66)63-59(57-64)60(65)54-51-48-45-42-39-36-33-27-24-21-18-15-12-9-6-3/h17,20,26,32,58-60,64-65H,4-16,18-19,21-25,27-31,33-57H2,1-3H3,(H,63,66)/b20-17-,32-26-. The third-order valence-corrected chi connectivity index (χ3v) is 14.3. The van der Waals surface area contributed by atoms with Crippen LogP contribution in [-0.2, 0) is 14.3 Å². The van der Waals surface area contributed by atoms with Gasteiger partial charge in [0.2, 0.25) is 5.91 Å². The van der Waals surface area contributed by atoms with E-state index in [0.29, 0.717) is 19.3 Å². The molecular formula is C62H119NO5. The summed E-state index contributed by atoms with van der Waals surface area (Å²) < 4.78 is 5.97. The third-order valence-electron chi connectivity index (χ3n) is 14.3. The molecule has 6 nitrogen and oxygen atoms in total. The summed E-state index contributed by atoms with van der Waals surface area (Å²) >= 11 is 0. The summed E-state index contributed by atoms with van der Waals surface area (Å²) in [6, 6.07) is -0.703. The number of unbranched alkanes of at least 4 members (excludes halogenated alkanes) is 40. The van der Waals surface area contributed by atoms with Crippen molar-refractivity contribution in [2.24, 2.45) is 0 Å². The molecule has 0 aromatic heterocycles. The summed E-state index contributed by atoms with van der Waals surface area (Å²) in [7, 11) is 0. The first-order valence-corrected chi connectivity index (χ1v) is 30.6. The first-order chi connectivity index (χ1) is 33.5. The molecule has 0 aromatic carbocycles. The lowest BCUT2D eigenvalue weighted by Gasteiger charge is -2.24. The van der Waals surface area contributed by atoms with Crippen LogP contribution in [0.1, 0.15) is 335 Å². The van der Waals surface area contributed by atoms with Crippen LogP contribution < -0.4 is 5.32 Å². The fourth-order valence-electron chi connectivity index (χ4n) is 9.64. The van der Waals surface area contributed by atoms with Gasteiger partial charge in [-0.15, -0.1) is 0 Å². The highest BCUT2D eigenvalue weighted by atomic mass is 16.5. The van der Waals surface area contributed by atoms with E-state index in [2.05, 4.69) is 50.4 Å². The Hall–Kier alpha value is -1.66. The minimum Gasteiger partial charge on any atom is -0.462 e. The summed E-state index contributed by atoms with van der Waals surface area (Å²) in [5.41, 5.74) is 0. The smallest absolute Gasteiger partial charge is 0.306 e. The van der Waals surface area contributed by atoms with Crippen molar-refractivity contribution in [3.63, 3.8) is 0 Å². The quantitative estimate of drug-likeness (QED) is 0.0321. The molecule has 0 aliphatic heterocycles. The molecule has 402 valence electrons. The number of carbonyl (C=O) groups excluding carboxylic acids is 2. The van der Waals surface area contributed by atoms with Gasteiger partial charge in [-0.2, -0.15) is 0 Å². The zero-order valence-corrected chi connectivity index (χ0v) is 46.0. The molecule has 0 fully saturated rings. The predicted molar refractivity (Wildman–Crippen MR) is 296 cm³/mol. The molecule has 6 heteroatoms. The van der Waals surface area contributed by atoms with E-state index in [-0.39, 0.29) is 24.9 Å². The van der Waals surface area contributed by atoms with Crippen molar-refractivity contribution >= 4 is 11.9 Å². The van der Waals surface area contributed by atoms with E-state index in [1.54, 1.807) is 0 Å². The second-order valence-corrected chi connectivity index (χ2v) is 21.1. The molecule has 0 saturated heterocycles. The van der Waals surface area contributed by atoms with Crippen LogP contribution in [0.2, 0.25) is 0 Å². The van der Waals surface area contributed by atoms with Crippen LogP contribution in [0.4, 0.5) is 0 Å². The van der Waals surface area contributed by atoms with E-state index in [1.807, 2.05) is 0 Å². The van der Waals surface area contributed by atoms with Gasteiger partial charge in [0, 0.05) is 6.42 Å². The normalized spacial score (nSPS) is 13.2. The highest BCUT2D eigenvalue weighted by Crippen LogP contribution is 2.19. The molecule has 1 amide bonds. The Morgan fingerprint density at radius 2 is 0.750 bits per heavy atom. The number of hydrogen-bond acceptors (Lipinski definition) is 5. The number of allylic oxidation sites excluding steroid dienone is 4. The second kappa shape index (κ2) is 56.3. The van der Waals surface area contributed by atoms with Crippen molar-refractivity contribution in [3.05, 3.63) is 24.3 Å². The number of aliphatic hydroxyl groups excluding tert-OH is 2. The molecule has 0 bridgehead atoms. The summed E-state index contributed by atoms with van der Waals surface area (Å²) in [6.45, 7) is 6.51. The lowest BCUT2D eigenvalue weighted by atomic mass is 10.0. The molecule has 0 saturated carbocycles. The Morgan fingerprint density at radius 1 is 0.426 bits per heavy atom. The van der Waals surface area contributed by atoms with Gasteiger partial charge in [0.05, 0.1) is 25.2 Å². The number of nitrogens with one attached hydrogen (secondary N) is 1. The third kappa shape index (κ3) is 50.7. The lowest BCUT2D eigenvalue weighted by Crippen LogP contribution is -2.46. The molecule has 0 aliphatic carbocycles. The van der Waals surface area contributed by atoms with E-state index in [9.17, 15) is 19.8 Å². The topological polar surface area (TPSA) is 95.9 Å². The molecule has 0 heterocycles. The fourth-order valence-corrected chi connectivity index (χ4v) is 9.64. The molecule has 3 atom stereocenters. The monoisotopic (exact) mass is 958 g/mol. The van der Waals surface area contributed by atoms with Gasteiger partial charge in [-0.25, -0.2) is 0 Å². The maximum absolute atomic E-state index is 13.3. The summed E-state index contributed by atoms with van der Waals surface area (Å²) in [4.78, 5) is 26.3. The molecule has 0 radical (unpaired) electrons. The van der Waals surface area contributed by atoms with E-state index >= 15 is 0 Å². The first-order valence-electron chi connectivity index (χ1n) is 30.6. The van der Waals surface area contributed by atoms with Crippen LogP contribution in [0.3, 0.4) is 0 Å². The van der Waals surface area contributed by atoms with Gasteiger partial charge in [0.25, 0.3) is 0 Å². The molecule has 68 heavy (non-hydrogen) atoms. The molecule has 0 aromatic rings. The Kier molecular flexibility index (Phi) is 54.9. The largest absolute Gasteiger partial charge is 0.462 e. The molecule has 0 spiro atoms. The van der Waals surface area contributed by atoms with Crippen LogP contribution in [0.25, 0.3) is 0 Å². The van der Waals surface area contributed by atoms with Gasteiger partial charge in [0.1, 0.15) is 6.10 Å². The average Bonchev–Trinajstić information content (AvgIpc) is 3.33. The summed E-state index contributed by atoms with van der Waals surface area (Å²) in [5.74, 6) is -0.465. The maximum atomic E-state index is 13.3. The highest BCUT2D eigenvalue weighted by molar-refractivity contribution is 5.77. The number of rotatable bonds is 56. The van der Waals surface area contributed by atoms with Gasteiger partial charge in [-0.05, 0) is 57.8 Å². The number of amides is 1. The zero-order chi connectivity index (χ0) is 49.5. The van der Waals surface area contributed by atoms with E-state index in [1.165, 1.54) is 225 Å². The molecular weight excluding hydrogens is 839 g/mol. The van der Waals surface area contributed by atoms with Gasteiger partial charge < -0.3 is 20.3 Å². The average molecular weight is 959 g/mol. The number of carbonyl (C=O) groups is 2. The van der Waals surface area contributed by atoms with Crippen molar-refractivity contribution in [2.45, 2.75) is 354 Å². The van der Waals surface area contributed by atoms with Crippen molar-refractivity contribution in [1.82, 2.24) is 5.32 Å². The Labute approximate surface area is 424 Å². The van der Waals surface area contributed by atoms with Gasteiger partial charge >= 0.3 is 5.97 Å². The van der Waals surface area contributed by atoms with Crippen LogP contribution in [0.15, 0.2) is 24.3 Å². The fraction of sp³-hybridized carbons (Fsp3) is 0.903. The van der Waals surface area contributed by atoms with Crippen LogP contribution in [-0.4, -0.2) is 46.9 Å². The minimum atomic E-state index is -0.789. The SMILES string of the molecule is CCCCC/C=C\C/C=C\CCCCCCCC(CC(=O)NC(CO)C(O)CCCCCCCCCCCCCCCCC)OC(=O)CCCCCCCCCCCCCCCCCCCCC. The maximum Gasteiger partial charge on any atom is 0.306 e. The van der Waals surface area contributed by atoms with E-state index in [0.717, 1.165) is 64.2 Å². The van der Waals surface area contributed by atoms with Gasteiger partial charge in [-0.3, -0.25) is 9.59 Å². The summed E-state index contributed by atoms with van der Waals surface area (Å²) in [6.07, 6.45) is 66.8. The molecule has 3 unspecified atom stereocenters. The highest BCUT2D eigenvalue weighted by Gasteiger charge is 2.24. The lowest BCUT2D eigenvalue weighted by molar-refractivity contribution is -0.151. The number of ether oxygens (including phenoxy) is 1. The second-order valence-electron chi connectivity index (χ2n) is 21.1. The predicted octanol–water partition coefficient (Wildman–Crippen LogP) is 19.0. The number of aliphatic hydroxyl groups is 2. The Balaban J connectivity index is 4.50. The first kappa shape index (κ1) is 66.3. The van der Waals surface area contributed by atoms with Crippen LogP contribution in [0.5, 0.6) is 0 Å². The molecule has 0 rings (SSSR count). The molecule has 3 N–H and O–H groups in total. The van der Waals surface area contributed by atoms with Gasteiger partial charge in [0.15, 0.2) is 0 Å². The molecule has 0 aliphatic rings. The van der Waals surface area contributed by atoms with Crippen molar-refractivity contribution in [1.29, 1.82) is 0 Å².